The maximum Gasteiger partial charge on any atom is 0.213 e. The van der Waals surface area contributed by atoms with Crippen molar-refractivity contribution >= 4 is 10.8 Å². The molecule has 1 aliphatic rings. The van der Waals surface area contributed by atoms with Gasteiger partial charge in [0.1, 0.15) is 6.61 Å². The normalized spacial score (nSPS) is 12.3. The molecule has 0 unspecified atom stereocenters. The van der Waals surface area contributed by atoms with Crippen molar-refractivity contribution in [3.63, 3.8) is 0 Å². The highest BCUT2D eigenvalue weighted by molar-refractivity contribution is 5.91. The zero-order chi connectivity index (χ0) is 20.4. The third kappa shape index (κ3) is 3.44. The fourth-order valence-corrected chi connectivity index (χ4v) is 3.87. The Kier molecular flexibility index (Phi) is 5.45. The first-order chi connectivity index (χ1) is 14.2. The second-order valence-corrected chi connectivity index (χ2v) is 6.91. The molecule has 0 saturated heterocycles. The molecule has 4 rings (SSSR count). The molecular weight excluding hydrogens is 370 g/mol. The molecular formula is C23H26NO5+. The lowest BCUT2D eigenvalue weighted by Gasteiger charge is -2.19. The van der Waals surface area contributed by atoms with Crippen LogP contribution in [-0.4, -0.2) is 41.7 Å². The lowest BCUT2D eigenvalue weighted by atomic mass is 9.95. The standard InChI is InChI=1S/C23H26NO5/c1-25-9-10-29-23-18-14-24-8-7-16-12-21(27-3)22(28-4)13-17(16)19(24)11-15(18)5-6-20(23)26-2/h5-6,11-14H,7-10H2,1-4H3/q+1. The van der Waals surface area contributed by atoms with E-state index in [-0.39, 0.29) is 0 Å². The molecule has 0 N–H and O–H groups in total. The highest BCUT2D eigenvalue weighted by Gasteiger charge is 2.27. The van der Waals surface area contributed by atoms with Crippen LogP contribution >= 0.6 is 0 Å². The second-order valence-electron chi connectivity index (χ2n) is 6.91. The molecule has 2 heterocycles. The van der Waals surface area contributed by atoms with Crippen LogP contribution in [0, 0.1) is 0 Å². The second kappa shape index (κ2) is 8.17. The molecule has 0 aliphatic carbocycles. The Hall–Kier alpha value is -2.99. The molecule has 0 fully saturated rings. The summed E-state index contributed by atoms with van der Waals surface area (Å²) < 4.78 is 29.9. The summed E-state index contributed by atoms with van der Waals surface area (Å²) in [5, 5.41) is 2.11. The molecule has 0 radical (unpaired) electrons. The molecule has 152 valence electrons. The van der Waals surface area contributed by atoms with E-state index in [2.05, 4.69) is 35.0 Å². The van der Waals surface area contributed by atoms with E-state index in [0.717, 1.165) is 58.0 Å². The summed E-state index contributed by atoms with van der Waals surface area (Å²) in [7, 11) is 6.65. The predicted molar refractivity (Wildman–Crippen MR) is 110 cm³/mol. The third-order valence-electron chi connectivity index (χ3n) is 5.34. The maximum atomic E-state index is 6.01. The molecule has 2 aromatic carbocycles. The fraction of sp³-hybridized carbons (Fsp3) is 0.348. The van der Waals surface area contributed by atoms with Crippen LogP contribution in [0.3, 0.4) is 0 Å². The molecule has 0 amide bonds. The number of hydrogen-bond donors (Lipinski definition) is 0. The van der Waals surface area contributed by atoms with Gasteiger partial charge in [-0.3, -0.25) is 0 Å². The van der Waals surface area contributed by atoms with Gasteiger partial charge in [-0.05, 0) is 35.2 Å². The van der Waals surface area contributed by atoms with E-state index < -0.39 is 0 Å². The summed E-state index contributed by atoms with van der Waals surface area (Å²) in [5.41, 5.74) is 3.56. The van der Waals surface area contributed by atoms with Gasteiger partial charge in [-0.15, -0.1) is 0 Å². The van der Waals surface area contributed by atoms with Crippen LogP contribution in [0.25, 0.3) is 22.0 Å². The summed E-state index contributed by atoms with van der Waals surface area (Å²) in [6.07, 6.45) is 3.07. The van der Waals surface area contributed by atoms with Crippen molar-refractivity contribution in [1.82, 2.24) is 0 Å². The number of hydrogen-bond acceptors (Lipinski definition) is 5. The van der Waals surface area contributed by atoms with Gasteiger partial charge < -0.3 is 23.7 Å². The number of fused-ring (bicyclic) bond motifs is 4. The Bertz CT molecular complexity index is 1050. The van der Waals surface area contributed by atoms with E-state index >= 15 is 0 Å². The van der Waals surface area contributed by atoms with Crippen molar-refractivity contribution in [2.75, 3.05) is 41.7 Å². The van der Waals surface area contributed by atoms with E-state index in [0.29, 0.717) is 13.2 Å². The van der Waals surface area contributed by atoms with Crippen molar-refractivity contribution < 1.29 is 28.3 Å². The molecule has 3 aromatic rings. The van der Waals surface area contributed by atoms with Gasteiger partial charge in [0.2, 0.25) is 5.69 Å². The number of aryl methyl sites for hydroxylation is 2. The van der Waals surface area contributed by atoms with E-state index in [1.54, 1.807) is 28.4 Å². The summed E-state index contributed by atoms with van der Waals surface area (Å²) in [6, 6.07) is 10.3. The Morgan fingerprint density at radius 2 is 1.62 bits per heavy atom. The average Bonchev–Trinajstić information content (AvgIpc) is 2.76. The predicted octanol–water partition coefficient (Wildman–Crippen LogP) is 3.40. The minimum Gasteiger partial charge on any atom is -0.493 e. The van der Waals surface area contributed by atoms with E-state index in [1.165, 1.54) is 5.56 Å². The lowest BCUT2D eigenvalue weighted by molar-refractivity contribution is -0.686. The third-order valence-corrected chi connectivity index (χ3v) is 5.34. The monoisotopic (exact) mass is 396 g/mol. The first kappa shape index (κ1) is 19.3. The molecule has 1 aliphatic heterocycles. The minimum atomic E-state index is 0.466. The zero-order valence-corrected chi connectivity index (χ0v) is 17.3. The van der Waals surface area contributed by atoms with Gasteiger partial charge >= 0.3 is 0 Å². The van der Waals surface area contributed by atoms with Gasteiger partial charge in [0.05, 0.1) is 38.9 Å². The molecule has 0 spiro atoms. The number of pyridine rings is 1. The van der Waals surface area contributed by atoms with Crippen molar-refractivity contribution in [2.45, 2.75) is 13.0 Å². The van der Waals surface area contributed by atoms with Gasteiger partial charge in [-0.2, -0.15) is 4.57 Å². The number of rotatable bonds is 7. The SMILES string of the molecule is COCCOc1c(OC)ccc2cc3[n+](cc12)CCc1cc(OC)c(OC)cc1-3. The van der Waals surface area contributed by atoms with E-state index in [9.17, 15) is 0 Å². The topological polar surface area (TPSA) is 50.0 Å². The maximum absolute atomic E-state index is 6.01. The van der Waals surface area contributed by atoms with Crippen LogP contribution in [-0.2, 0) is 17.7 Å². The van der Waals surface area contributed by atoms with Crippen LogP contribution < -0.4 is 23.5 Å². The van der Waals surface area contributed by atoms with Gasteiger partial charge in [0, 0.05) is 19.6 Å². The Balaban J connectivity index is 1.86. The number of nitrogens with zero attached hydrogens (tertiary/aromatic N) is 1. The van der Waals surface area contributed by atoms with Crippen molar-refractivity contribution in [1.29, 1.82) is 0 Å². The Labute approximate surface area is 170 Å². The summed E-state index contributed by atoms with van der Waals surface area (Å²) in [6.45, 7) is 1.86. The van der Waals surface area contributed by atoms with Crippen LogP contribution in [0.5, 0.6) is 23.0 Å². The molecule has 6 heteroatoms. The van der Waals surface area contributed by atoms with Gasteiger partial charge in [-0.25, -0.2) is 0 Å². The van der Waals surface area contributed by atoms with Crippen molar-refractivity contribution in [3.05, 3.63) is 42.1 Å². The Morgan fingerprint density at radius 3 is 2.34 bits per heavy atom. The molecule has 0 saturated carbocycles. The lowest BCUT2D eigenvalue weighted by Crippen LogP contribution is -2.40. The van der Waals surface area contributed by atoms with E-state index in [4.69, 9.17) is 23.7 Å². The zero-order valence-electron chi connectivity index (χ0n) is 17.3. The molecule has 29 heavy (non-hydrogen) atoms. The van der Waals surface area contributed by atoms with Crippen LogP contribution in [0.15, 0.2) is 36.5 Å². The molecule has 6 nitrogen and oxygen atoms in total. The first-order valence-electron chi connectivity index (χ1n) is 9.61. The molecule has 1 aromatic heterocycles. The highest BCUT2D eigenvalue weighted by Crippen LogP contribution is 2.40. The van der Waals surface area contributed by atoms with Gasteiger partial charge in [0.15, 0.2) is 35.7 Å². The van der Waals surface area contributed by atoms with Crippen LogP contribution in [0.1, 0.15) is 5.56 Å². The summed E-state index contributed by atoms with van der Waals surface area (Å²) in [4.78, 5) is 0. The number of benzene rings is 2. The molecule has 0 bridgehead atoms. The highest BCUT2D eigenvalue weighted by atomic mass is 16.5. The number of ether oxygens (including phenoxy) is 5. The quantitative estimate of drug-likeness (QED) is 0.453. The van der Waals surface area contributed by atoms with Crippen molar-refractivity contribution in [2.24, 2.45) is 0 Å². The van der Waals surface area contributed by atoms with Crippen LogP contribution in [0.4, 0.5) is 0 Å². The van der Waals surface area contributed by atoms with E-state index in [1.807, 2.05) is 6.07 Å². The number of aromatic nitrogens is 1. The smallest absolute Gasteiger partial charge is 0.213 e. The summed E-state index contributed by atoms with van der Waals surface area (Å²) in [5.74, 6) is 2.96. The average molecular weight is 396 g/mol. The summed E-state index contributed by atoms with van der Waals surface area (Å²) >= 11 is 0. The van der Waals surface area contributed by atoms with Crippen LogP contribution in [0.2, 0.25) is 0 Å². The van der Waals surface area contributed by atoms with Gasteiger partial charge in [0.25, 0.3) is 0 Å². The Morgan fingerprint density at radius 1 is 0.862 bits per heavy atom. The number of methoxy groups -OCH3 is 4. The minimum absolute atomic E-state index is 0.466. The van der Waals surface area contributed by atoms with Gasteiger partial charge in [-0.1, -0.05) is 0 Å². The molecule has 0 atom stereocenters. The first-order valence-corrected chi connectivity index (χ1v) is 9.61. The fourth-order valence-electron chi connectivity index (χ4n) is 3.87. The largest absolute Gasteiger partial charge is 0.493 e. The van der Waals surface area contributed by atoms with Crippen molar-refractivity contribution in [3.8, 4) is 34.3 Å².